The molecule has 8 heteroatoms. The predicted molar refractivity (Wildman–Crippen MR) is 113 cm³/mol. The first-order valence-electron chi connectivity index (χ1n) is 9.96. The van der Waals surface area contributed by atoms with E-state index in [9.17, 15) is 18.0 Å². The van der Waals surface area contributed by atoms with Crippen molar-refractivity contribution in [2.45, 2.75) is 25.1 Å². The molecule has 0 unspecified atom stereocenters. The largest absolute Gasteiger partial charge is 0.497 e. The Bertz CT molecular complexity index is 1210. The third kappa shape index (κ3) is 4.64. The van der Waals surface area contributed by atoms with Crippen LogP contribution in [0.5, 0.6) is 5.75 Å². The Balaban J connectivity index is 1.71. The molecule has 32 heavy (non-hydrogen) atoms. The molecule has 4 aromatic rings. The number of benzene rings is 2. The monoisotopic (exact) mass is 442 g/mol. The molecule has 0 aliphatic rings. The van der Waals surface area contributed by atoms with Crippen molar-refractivity contribution < 1.29 is 27.1 Å². The molecular weight excluding hydrogens is 421 g/mol. The van der Waals surface area contributed by atoms with Gasteiger partial charge in [0.05, 0.1) is 25.5 Å². The van der Waals surface area contributed by atoms with Crippen molar-refractivity contribution in [1.82, 2.24) is 10.3 Å². The van der Waals surface area contributed by atoms with Crippen molar-refractivity contribution in [3.05, 3.63) is 89.5 Å². The molecule has 4 rings (SSSR count). The van der Waals surface area contributed by atoms with Crippen LogP contribution in [-0.2, 0) is 17.5 Å². The molecule has 5 nitrogen and oxygen atoms in total. The van der Waals surface area contributed by atoms with Gasteiger partial charge >= 0.3 is 6.18 Å². The maximum absolute atomic E-state index is 13.4. The fourth-order valence-corrected chi connectivity index (χ4v) is 3.73. The third-order valence-corrected chi connectivity index (χ3v) is 5.34. The normalized spacial score (nSPS) is 12.6. The minimum Gasteiger partial charge on any atom is -0.497 e. The zero-order valence-corrected chi connectivity index (χ0v) is 17.2. The number of furan rings is 1. The molecule has 2 aromatic carbocycles. The van der Waals surface area contributed by atoms with Crippen molar-refractivity contribution in [1.29, 1.82) is 0 Å². The number of nitrogens with one attached hydrogen (secondary N) is 2. The molecule has 2 N–H and O–H groups in total. The van der Waals surface area contributed by atoms with Crippen molar-refractivity contribution in [2.75, 3.05) is 7.11 Å². The maximum Gasteiger partial charge on any atom is 0.416 e. The van der Waals surface area contributed by atoms with Gasteiger partial charge < -0.3 is 19.5 Å². The van der Waals surface area contributed by atoms with E-state index in [1.807, 2.05) is 12.1 Å². The summed E-state index contributed by atoms with van der Waals surface area (Å²) in [6, 6.07) is 14.0. The fourth-order valence-electron chi connectivity index (χ4n) is 3.73. The quantitative estimate of drug-likeness (QED) is 0.390. The van der Waals surface area contributed by atoms with E-state index >= 15 is 0 Å². The second-order valence-corrected chi connectivity index (χ2v) is 7.39. The Hall–Kier alpha value is -3.68. The van der Waals surface area contributed by atoms with Crippen LogP contribution in [0.25, 0.3) is 10.9 Å². The number of carbonyl (C=O) groups is 1. The average Bonchev–Trinajstić information content (AvgIpc) is 3.45. The number of H-pyrrole nitrogens is 1. The lowest BCUT2D eigenvalue weighted by Crippen LogP contribution is -2.24. The van der Waals surface area contributed by atoms with Crippen LogP contribution in [0.2, 0.25) is 0 Å². The lowest BCUT2D eigenvalue weighted by Gasteiger charge is -2.19. The van der Waals surface area contributed by atoms with Gasteiger partial charge in [-0.1, -0.05) is 18.2 Å². The van der Waals surface area contributed by atoms with Gasteiger partial charge in [0.25, 0.3) is 0 Å². The molecule has 2 heterocycles. The van der Waals surface area contributed by atoms with Crippen LogP contribution in [0.3, 0.4) is 0 Å². The van der Waals surface area contributed by atoms with Crippen LogP contribution in [-0.4, -0.2) is 18.0 Å². The summed E-state index contributed by atoms with van der Waals surface area (Å²) in [5.74, 6) is 0.296. The zero-order valence-electron chi connectivity index (χ0n) is 17.2. The van der Waals surface area contributed by atoms with Crippen molar-refractivity contribution >= 4 is 16.8 Å². The van der Waals surface area contributed by atoms with Gasteiger partial charge in [-0.05, 0) is 47.5 Å². The van der Waals surface area contributed by atoms with E-state index in [2.05, 4.69) is 10.3 Å². The van der Waals surface area contributed by atoms with Gasteiger partial charge in [0.2, 0.25) is 5.91 Å². The van der Waals surface area contributed by atoms with E-state index in [1.165, 1.54) is 12.3 Å². The first kappa shape index (κ1) is 21.5. The summed E-state index contributed by atoms with van der Waals surface area (Å²) >= 11 is 0. The molecule has 0 fully saturated rings. The Morgan fingerprint density at radius 1 is 1.16 bits per heavy atom. The summed E-state index contributed by atoms with van der Waals surface area (Å²) in [5, 5.41) is 3.56. The first-order chi connectivity index (χ1) is 15.3. The Morgan fingerprint density at radius 2 is 2.00 bits per heavy atom. The lowest BCUT2D eigenvalue weighted by molar-refractivity contribution is -0.137. The maximum atomic E-state index is 13.4. The van der Waals surface area contributed by atoms with Crippen LogP contribution < -0.4 is 10.1 Å². The third-order valence-electron chi connectivity index (χ3n) is 5.34. The zero-order chi connectivity index (χ0) is 22.7. The van der Waals surface area contributed by atoms with E-state index in [0.29, 0.717) is 22.6 Å². The number of hydrogen-bond donors (Lipinski definition) is 2. The molecule has 1 atom stereocenters. The molecule has 0 spiro atoms. The number of aromatic nitrogens is 1. The van der Waals surface area contributed by atoms with E-state index in [1.54, 1.807) is 37.6 Å². The highest BCUT2D eigenvalue weighted by Gasteiger charge is 2.32. The van der Waals surface area contributed by atoms with Crippen LogP contribution in [0, 0.1) is 0 Å². The highest BCUT2D eigenvalue weighted by atomic mass is 19.4. The van der Waals surface area contributed by atoms with Gasteiger partial charge in [0.15, 0.2) is 0 Å². The van der Waals surface area contributed by atoms with Crippen LogP contribution >= 0.6 is 0 Å². The number of ether oxygens (including phenoxy) is 1. The molecule has 0 radical (unpaired) electrons. The predicted octanol–water partition coefficient (Wildman–Crippen LogP) is 5.63. The molecule has 0 saturated heterocycles. The molecule has 2 aromatic heterocycles. The molecular formula is C24H21F3N2O3. The lowest BCUT2D eigenvalue weighted by atomic mass is 9.87. The summed E-state index contributed by atoms with van der Waals surface area (Å²) < 4.78 is 50.6. The number of halogens is 3. The molecule has 0 aliphatic heterocycles. The van der Waals surface area contributed by atoms with Gasteiger partial charge in [-0.2, -0.15) is 13.2 Å². The minimum absolute atomic E-state index is 0.0355. The van der Waals surface area contributed by atoms with Gasteiger partial charge in [0.1, 0.15) is 11.5 Å². The first-order valence-corrected chi connectivity index (χ1v) is 9.96. The Labute approximate surface area is 182 Å². The minimum atomic E-state index is -4.48. The van der Waals surface area contributed by atoms with Crippen LogP contribution in [0.4, 0.5) is 13.2 Å². The summed E-state index contributed by atoms with van der Waals surface area (Å²) in [5.41, 5.74) is 1.16. The van der Waals surface area contributed by atoms with Crippen LogP contribution in [0.1, 0.15) is 34.8 Å². The second-order valence-electron chi connectivity index (χ2n) is 7.39. The standard InChI is InChI=1S/C24H21F3N2O3/c1-31-17-7-8-22-20(11-17)21(14-28-22)19(12-23(30)29-13-18-6-3-9-32-18)15-4-2-5-16(10-15)24(25,26)27/h2-11,14,19,28H,12-13H2,1H3,(H,29,30)/t19-/m1/s1. The van der Waals surface area contributed by atoms with Gasteiger partial charge in [-0.3, -0.25) is 4.79 Å². The topological polar surface area (TPSA) is 67.3 Å². The summed E-state index contributed by atoms with van der Waals surface area (Å²) in [4.78, 5) is 15.9. The number of hydrogen-bond acceptors (Lipinski definition) is 3. The van der Waals surface area contributed by atoms with Gasteiger partial charge in [-0.15, -0.1) is 0 Å². The average molecular weight is 442 g/mol. The van der Waals surface area contributed by atoms with Crippen molar-refractivity contribution in [3.8, 4) is 5.75 Å². The fraction of sp³-hybridized carbons (Fsp3) is 0.208. The SMILES string of the molecule is COc1ccc2[nH]cc([C@H](CC(=O)NCc3ccco3)c3cccc(C(F)(F)F)c3)c2c1. The Kier molecular flexibility index (Phi) is 5.94. The molecule has 0 bridgehead atoms. The molecule has 166 valence electrons. The van der Waals surface area contributed by atoms with Gasteiger partial charge in [-0.25, -0.2) is 0 Å². The number of carbonyl (C=O) groups excluding carboxylic acids is 1. The smallest absolute Gasteiger partial charge is 0.416 e. The summed E-state index contributed by atoms with van der Waals surface area (Å²) in [6.07, 6.45) is -1.28. The summed E-state index contributed by atoms with van der Waals surface area (Å²) in [7, 11) is 1.54. The number of fused-ring (bicyclic) bond motifs is 1. The summed E-state index contributed by atoms with van der Waals surface area (Å²) in [6.45, 7) is 0.197. The second kappa shape index (κ2) is 8.82. The van der Waals surface area contributed by atoms with E-state index in [0.717, 1.165) is 23.0 Å². The van der Waals surface area contributed by atoms with Gasteiger partial charge in [0, 0.05) is 29.4 Å². The Morgan fingerprint density at radius 3 is 2.72 bits per heavy atom. The van der Waals surface area contributed by atoms with Crippen molar-refractivity contribution in [3.63, 3.8) is 0 Å². The van der Waals surface area contributed by atoms with E-state index in [-0.39, 0.29) is 18.9 Å². The number of alkyl halides is 3. The number of amides is 1. The molecule has 0 aliphatic carbocycles. The van der Waals surface area contributed by atoms with E-state index in [4.69, 9.17) is 9.15 Å². The molecule has 1 amide bonds. The van der Waals surface area contributed by atoms with Crippen LogP contribution in [0.15, 0.2) is 71.5 Å². The van der Waals surface area contributed by atoms with E-state index < -0.39 is 17.7 Å². The highest BCUT2D eigenvalue weighted by molar-refractivity contribution is 5.87. The highest BCUT2D eigenvalue weighted by Crippen LogP contribution is 2.37. The number of methoxy groups -OCH3 is 1. The number of rotatable bonds is 7. The molecule has 0 saturated carbocycles. The number of aromatic amines is 1. The van der Waals surface area contributed by atoms with Crippen molar-refractivity contribution in [2.24, 2.45) is 0 Å².